The number of amides is 1. The maximum absolute atomic E-state index is 12.8. The van der Waals surface area contributed by atoms with Crippen molar-refractivity contribution in [2.45, 2.75) is 83.0 Å². The summed E-state index contributed by atoms with van der Waals surface area (Å²) < 4.78 is 67.0. The van der Waals surface area contributed by atoms with Gasteiger partial charge in [0, 0.05) is 19.0 Å². The standard InChI is InChI=1S/C17H28F5NO2S/c1-15(2,3)25-14(24)23-10-4-7-13(23)8-5-11-26-12-6-9-16(18,19)17(20,21)22/h13H,4-12H2,1-3H3/t13-/m0/s1. The Hall–Kier alpha value is -0.730. The molecule has 0 aromatic heterocycles. The number of alkyl halides is 5. The van der Waals surface area contributed by atoms with Gasteiger partial charge in [-0.1, -0.05) is 0 Å². The zero-order valence-electron chi connectivity index (χ0n) is 15.5. The van der Waals surface area contributed by atoms with Crippen LogP contribution in [0.15, 0.2) is 0 Å². The molecule has 1 saturated heterocycles. The molecule has 1 rings (SSSR count). The summed E-state index contributed by atoms with van der Waals surface area (Å²) >= 11 is 1.37. The third kappa shape index (κ3) is 7.88. The Morgan fingerprint density at radius 2 is 1.73 bits per heavy atom. The van der Waals surface area contributed by atoms with E-state index in [4.69, 9.17) is 4.74 Å². The summed E-state index contributed by atoms with van der Waals surface area (Å²) in [5.74, 6) is -3.66. The highest BCUT2D eigenvalue weighted by atomic mass is 32.2. The summed E-state index contributed by atoms with van der Waals surface area (Å²) in [5, 5.41) is 0. The van der Waals surface area contributed by atoms with Gasteiger partial charge in [0.2, 0.25) is 0 Å². The summed E-state index contributed by atoms with van der Waals surface area (Å²) in [7, 11) is 0. The zero-order valence-corrected chi connectivity index (χ0v) is 16.3. The fourth-order valence-electron chi connectivity index (χ4n) is 2.76. The highest BCUT2D eigenvalue weighted by Crippen LogP contribution is 2.39. The lowest BCUT2D eigenvalue weighted by Crippen LogP contribution is -2.39. The minimum absolute atomic E-state index is 0.111. The lowest BCUT2D eigenvalue weighted by molar-refractivity contribution is -0.284. The molecule has 1 atom stereocenters. The van der Waals surface area contributed by atoms with Crippen molar-refractivity contribution in [1.29, 1.82) is 0 Å². The van der Waals surface area contributed by atoms with Gasteiger partial charge in [0.1, 0.15) is 5.60 Å². The van der Waals surface area contributed by atoms with Crippen LogP contribution in [0.4, 0.5) is 26.7 Å². The Kier molecular flexibility index (Phi) is 8.48. The molecular weight excluding hydrogens is 377 g/mol. The Balaban J connectivity index is 2.20. The fraction of sp³-hybridized carbons (Fsp3) is 0.941. The van der Waals surface area contributed by atoms with Crippen molar-refractivity contribution in [1.82, 2.24) is 4.90 Å². The highest BCUT2D eigenvalue weighted by Gasteiger charge is 2.56. The molecule has 154 valence electrons. The van der Waals surface area contributed by atoms with Crippen LogP contribution in [0, 0.1) is 0 Å². The van der Waals surface area contributed by atoms with Gasteiger partial charge in [-0.3, -0.25) is 0 Å². The van der Waals surface area contributed by atoms with Gasteiger partial charge in [0.25, 0.3) is 0 Å². The molecule has 0 radical (unpaired) electrons. The normalized spacial score (nSPS) is 19.1. The predicted octanol–water partition coefficient (Wildman–Crippen LogP) is 5.88. The molecule has 1 aliphatic rings. The molecule has 0 saturated carbocycles. The third-order valence-electron chi connectivity index (χ3n) is 4.03. The van der Waals surface area contributed by atoms with Crippen LogP contribution in [0.2, 0.25) is 0 Å². The first-order chi connectivity index (χ1) is 11.8. The number of nitrogens with zero attached hydrogens (tertiary/aromatic N) is 1. The molecule has 26 heavy (non-hydrogen) atoms. The van der Waals surface area contributed by atoms with E-state index in [0.717, 1.165) is 25.7 Å². The van der Waals surface area contributed by atoms with Crippen molar-refractivity contribution in [3.8, 4) is 0 Å². The lowest BCUT2D eigenvalue weighted by atomic mass is 10.1. The Labute approximate surface area is 156 Å². The van der Waals surface area contributed by atoms with Crippen molar-refractivity contribution in [3.05, 3.63) is 0 Å². The number of halogens is 5. The quantitative estimate of drug-likeness (QED) is 0.373. The number of carbonyl (C=O) groups is 1. The number of ether oxygens (including phenoxy) is 1. The van der Waals surface area contributed by atoms with Gasteiger partial charge in [-0.25, -0.2) is 4.79 Å². The second-order valence-electron chi connectivity index (χ2n) is 7.53. The molecule has 1 heterocycles. The molecule has 0 aliphatic carbocycles. The van der Waals surface area contributed by atoms with Crippen LogP contribution < -0.4 is 0 Å². The first-order valence-corrected chi connectivity index (χ1v) is 10.0. The molecule has 0 bridgehead atoms. The fourth-order valence-corrected chi connectivity index (χ4v) is 3.68. The number of carbonyl (C=O) groups excluding carboxylic acids is 1. The average Bonchev–Trinajstić information content (AvgIpc) is 2.91. The smallest absolute Gasteiger partial charge is 0.444 e. The van der Waals surface area contributed by atoms with Crippen LogP contribution in [0.3, 0.4) is 0 Å². The molecule has 0 unspecified atom stereocenters. The summed E-state index contributed by atoms with van der Waals surface area (Å²) in [4.78, 5) is 13.9. The van der Waals surface area contributed by atoms with Crippen molar-refractivity contribution >= 4 is 17.9 Å². The van der Waals surface area contributed by atoms with E-state index in [1.54, 1.807) is 4.90 Å². The van der Waals surface area contributed by atoms with Crippen molar-refractivity contribution in [2.75, 3.05) is 18.1 Å². The number of hydrogen-bond donors (Lipinski definition) is 0. The van der Waals surface area contributed by atoms with Crippen LogP contribution in [0.1, 0.15) is 59.3 Å². The SMILES string of the molecule is CC(C)(C)OC(=O)N1CCC[C@H]1CCCSCCCC(F)(F)C(F)(F)F. The van der Waals surface area contributed by atoms with E-state index in [9.17, 15) is 26.7 Å². The molecular formula is C17H28F5NO2S. The van der Waals surface area contributed by atoms with Gasteiger partial charge in [-0.05, 0) is 64.4 Å². The van der Waals surface area contributed by atoms with E-state index < -0.39 is 24.1 Å². The van der Waals surface area contributed by atoms with Gasteiger partial charge < -0.3 is 9.64 Å². The van der Waals surface area contributed by atoms with E-state index in [0.29, 0.717) is 12.3 Å². The molecule has 9 heteroatoms. The molecule has 3 nitrogen and oxygen atoms in total. The second kappa shape index (κ2) is 9.46. The molecule has 1 fully saturated rings. The van der Waals surface area contributed by atoms with Gasteiger partial charge in [-0.2, -0.15) is 33.7 Å². The van der Waals surface area contributed by atoms with E-state index >= 15 is 0 Å². The average molecular weight is 405 g/mol. The summed E-state index contributed by atoms with van der Waals surface area (Å²) in [6.45, 7) is 6.11. The van der Waals surface area contributed by atoms with Gasteiger partial charge in [0.15, 0.2) is 0 Å². The summed E-state index contributed by atoms with van der Waals surface area (Å²) in [6, 6.07) is 0.111. The lowest BCUT2D eigenvalue weighted by Gasteiger charge is -2.28. The molecule has 0 N–H and O–H groups in total. The number of likely N-dealkylation sites (tertiary alicyclic amines) is 1. The van der Waals surface area contributed by atoms with E-state index in [1.807, 2.05) is 20.8 Å². The van der Waals surface area contributed by atoms with E-state index in [2.05, 4.69) is 0 Å². The third-order valence-corrected chi connectivity index (χ3v) is 5.18. The largest absolute Gasteiger partial charge is 0.453 e. The number of hydrogen-bond acceptors (Lipinski definition) is 3. The molecule has 0 aromatic rings. The van der Waals surface area contributed by atoms with Gasteiger partial charge in [0.05, 0.1) is 0 Å². The van der Waals surface area contributed by atoms with Crippen LogP contribution in [0.25, 0.3) is 0 Å². The van der Waals surface area contributed by atoms with Crippen molar-refractivity contribution < 1.29 is 31.5 Å². The van der Waals surface area contributed by atoms with Crippen LogP contribution in [-0.4, -0.2) is 52.8 Å². The molecule has 1 amide bonds. The monoisotopic (exact) mass is 405 g/mol. The summed E-state index contributed by atoms with van der Waals surface area (Å²) in [5.41, 5.74) is -0.543. The first-order valence-electron chi connectivity index (χ1n) is 8.85. The maximum Gasteiger partial charge on any atom is 0.453 e. The Bertz CT molecular complexity index is 451. The Morgan fingerprint density at radius 3 is 2.31 bits per heavy atom. The van der Waals surface area contributed by atoms with Crippen LogP contribution >= 0.6 is 11.8 Å². The number of thioether (sulfide) groups is 1. The van der Waals surface area contributed by atoms with Crippen molar-refractivity contribution in [2.24, 2.45) is 0 Å². The minimum Gasteiger partial charge on any atom is -0.444 e. The van der Waals surface area contributed by atoms with Crippen LogP contribution in [-0.2, 0) is 4.74 Å². The highest BCUT2D eigenvalue weighted by molar-refractivity contribution is 7.99. The Morgan fingerprint density at radius 1 is 1.12 bits per heavy atom. The molecule has 1 aliphatic heterocycles. The van der Waals surface area contributed by atoms with Gasteiger partial charge >= 0.3 is 18.2 Å². The predicted molar refractivity (Wildman–Crippen MR) is 92.8 cm³/mol. The van der Waals surface area contributed by atoms with E-state index in [1.165, 1.54) is 11.8 Å². The van der Waals surface area contributed by atoms with Crippen molar-refractivity contribution in [3.63, 3.8) is 0 Å². The number of rotatable bonds is 8. The van der Waals surface area contributed by atoms with Gasteiger partial charge in [-0.15, -0.1) is 0 Å². The summed E-state index contributed by atoms with van der Waals surface area (Å²) in [6.07, 6.45) is -3.74. The second-order valence-corrected chi connectivity index (χ2v) is 8.75. The van der Waals surface area contributed by atoms with E-state index in [-0.39, 0.29) is 24.3 Å². The first kappa shape index (κ1) is 23.3. The molecule has 0 spiro atoms. The van der Waals surface area contributed by atoms with Crippen LogP contribution in [0.5, 0.6) is 0 Å². The molecule has 0 aromatic carbocycles. The topological polar surface area (TPSA) is 29.5 Å². The minimum atomic E-state index is -5.47. The maximum atomic E-state index is 12.8. The zero-order chi connectivity index (χ0) is 20.0.